The van der Waals surface area contributed by atoms with Gasteiger partial charge in [0.05, 0.1) is 11.9 Å². The van der Waals surface area contributed by atoms with E-state index >= 15 is 0 Å². The van der Waals surface area contributed by atoms with Crippen molar-refractivity contribution in [3.63, 3.8) is 0 Å². The quantitative estimate of drug-likeness (QED) is 0.321. The minimum atomic E-state index is -3.85. The molecule has 0 saturated carbocycles. The number of ether oxygens (including phenoxy) is 1. The summed E-state index contributed by atoms with van der Waals surface area (Å²) in [5.41, 5.74) is 0.945. The number of nitrogens with one attached hydrogen (secondary N) is 1. The molecule has 3 aromatic rings. The van der Waals surface area contributed by atoms with Gasteiger partial charge in [-0.05, 0) is 68.3 Å². The molecule has 0 saturated heterocycles. The van der Waals surface area contributed by atoms with E-state index in [2.05, 4.69) is 5.32 Å². The molecular formula is C29H34ClN3O5S. The van der Waals surface area contributed by atoms with E-state index in [9.17, 15) is 18.0 Å². The third-order valence-electron chi connectivity index (χ3n) is 5.90. The summed E-state index contributed by atoms with van der Waals surface area (Å²) in [5, 5.41) is 3.31. The molecule has 208 valence electrons. The smallest absolute Gasteiger partial charge is 0.244 e. The van der Waals surface area contributed by atoms with Crippen molar-refractivity contribution in [3.05, 3.63) is 89.4 Å². The molecule has 0 spiro atoms. The van der Waals surface area contributed by atoms with Gasteiger partial charge in [-0.15, -0.1) is 0 Å². The molecule has 0 radical (unpaired) electrons. The van der Waals surface area contributed by atoms with Gasteiger partial charge in [-0.3, -0.25) is 13.9 Å². The molecule has 3 aromatic carbocycles. The summed E-state index contributed by atoms with van der Waals surface area (Å²) in [7, 11) is -3.85. The molecular weight excluding hydrogens is 538 g/mol. The maximum Gasteiger partial charge on any atom is 0.244 e. The Kier molecular flexibility index (Phi) is 10.4. The number of carbonyl (C=O) groups excluding carboxylic acids is 2. The molecule has 8 nitrogen and oxygen atoms in total. The lowest BCUT2D eigenvalue weighted by Gasteiger charge is -2.33. The normalized spacial score (nSPS) is 12.1. The van der Waals surface area contributed by atoms with E-state index in [-0.39, 0.29) is 18.5 Å². The third kappa shape index (κ3) is 8.46. The van der Waals surface area contributed by atoms with E-state index in [1.807, 2.05) is 44.2 Å². The van der Waals surface area contributed by atoms with Gasteiger partial charge in [-0.2, -0.15) is 0 Å². The molecule has 3 rings (SSSR count). The number of benzene rings is 3. The zero-order chi connectivity index (χ0) is 28.6. The van der Waals surface area contributed by atoms with Gasteiger partial charge in [-0.1, -0.05) is 54.9 Å². The first-order valence-electron chi connectivity index (χ1n) is 12.6. The highest BCUT2D eigenvalue weighted by molar-refractivity contribution is 7.92. The second-order valence-corrected chi connectivity index (χ2v) is 11.7. The Morgan fingerprint density at radius 2 is 1.51 bits per heavy atom. The molecule has 1 atom stereocenters. The van der Waals surface area contributed by atoms with Crippen molar-refractivity contribution in [2.75, 3.05) is 17.1 Å². The standard InChI is InChI=1S/C29H34ClN3O5S/c1-5-27(29(35)31-21(2)3)32(19-22-11-9-10-14-26(22)30)28(34)20-33(39(4,36)37)23-15-17-25(18-16-23)38-24-12-7-6-8-13-24/h6-18,21,27H,5,19-20H2,1-4H3,(H,31,35)/t27-/m0/s1. The summed E-state index contributed by atoms with van der Waals surface area (Å²) < 4.78 is 32.5. The number of hydrogen-bond donors (Lipinski definition) is 1. The van der Waals surface area contributed by atoms with Gasteiger partial charge in [0.25, 0.3) is 0 Å². The summed E-state index contributed by atoms with van der Waals surface area (Å²) in [5.74, 6) is 0.305. The van der Waals surface area contributed by atoms with Gasteiger partial charge in [0, 0.05) is 17.6 Å². The molecule has 0 fully saturated rings. The molecule has 10 heteroatoms. The van der Waals surface area contributed by atoms with Gasteiger partial charge in [-0.25, -0.2) is 8.42 Å². The summed E-state index contributed by atoms with van der Waals surface area (Å²) in [6.07, 6.45) is 1.37. The lowest BCUT2D eigenvalue weighted by Crippen LogP contribution is -2.53. The highest BCUT2D eigenvalue weighted by Crippen LogP contribution is 2.26. The predicted octanol–water partition coefficient (Wildman–Crippen LogP) is 5.23. The minimum Gasteiger partial charge on any atom is -0.457 e. The van der Waals surface area contributed by atoms with Crippen LogP contribution in [0.2, 0.25) is 5.02 Å². The Morgan fingerprint density at radius 3 is 2.08 bits per heavy atom. The number of amides is 2. The number of hydrogen-bond acceptors (Lipinski definition) is 5. The van der Waals surface area contributed by atoms with E-state index < -0.39 is 28.5 Å². The molecule has 0 aliphatic carbocycles. The molecule has 0 bridgehead atoms. The Bertz CT molecular complexity index is 1370. The number of sulfonamides is 1. The second kappa shape index (κ2) is 13.5. The maximum absolute atomic E-state index is 13.8. The van der Waals surface area contributed by atoms with Crippen LogP contribution in [0.3, 0.4) is 0 Å². The van der Waals surface area contributed by atoms with Crippen molar-refractivity contribution in [2.45, 2.75) is 45.8 Å². The average Bonchev–Trinajstić information content (AvgIpc) is 2.88. The van der Waals surface area contributed by atoms with Crippen LogP contribution in [0.4, 0.5) is 5.69 Å². The number of nitrogens with zero attached hydrogens (tertiary/aromatic N) is 2. The molecule has 0 aliphatic rings. The van der Waals surface area contributed by atoms with Crippen molar-refractivity contribution < 1.29 is 22.7 Å². The summed E-state index contributed by atoms with van der Waals surface area (Å²) in [4.78, 5) is 28.2. The zero-order valence-corrected chi connectivity index (χ0v) is 24.1. The first-order valence-corrected chi connectivity index (χ1v) is 14.9. The number of halogens is 1. The summed E-state index contributed by atoms with van der Waals surface area (Å²) >= 11 is 6.38. The van der Waals surface area contributed by atoms with Crippen molar-refractivity contribution in [2.24, 2.45) is 0 Å². The minimum absolute atomic E-state index is 0.0456. The number of carbonyl (C=O) groups is 2. The topological polar surface area (TPSA) is 96.0 Å². The Morgan fingerprint density at radius 1 is 0.923 bits per heavy atom. The number of rotatable bonds is 12. The van der Waals surface area contributed by atoms with E-state index in [1.54, 1.807) is 55.5 Å². The third-order valence-corrected chi connectivity index (χ3v) is 7.41. The van der Waals surface area contributed by atoms with Crippen LogP contribution in [-0.2, 0) is 26.2 Å². The van der Waals surface area contributed by atoms with Crippen LogP contribution in [0.25, 0.3) is 0 Å². The Labute approximate surface area is 235 Å². The fraction of sp³-hybridized carbons (Fsp3) is 0.310. The van der Waals surface area contributed by atoms with Gasteiger partial charge in [0.2, 0.25) is 21.8 Å². The number of para-hydroxylation sites is 1. The molecule has 0 unspecified atom stereocenters. The predicted molar refractivity (Wildman–Crippen MR) is 155 cm³/mol. The van der Waals surface area contributed by atoms with Crippen LogP contribution in [0.1, 0.15) is 32.8 Å². The molecule has 2 amide bonds. The van der Waals surface area contributed by atoms with Crippen molar-refractivity contribution in [1.82, 2.24) is 10.2 Å². The Hall–Kier alpha value is -3.56. The largest absolute Gasteiger partial charge is 0.457 e. The van der Waals surface area contributed by atoms with Gasteiger partial charge < -0.3 is 15.0 Å². The second-order valence-electron chi connectivity index (χ2n) is 9.38. The fourth-order valence-electron chi connectivity index (χ4n) is 4.03. The van der Waals surface area contributed by atoms with Crippen LogP contribution in [0.5, 0.6) is 11.5 Å². The molecule has 0 aliphatic heterocycles. The fourth-order valence-corrected chi connectivity index (χ4v) is 5.07. The first kappa shape index (κ1) is 30.0. The van der Waals surface area contributed by atoms with E-state index in [1.165, 1.54) is 4.90 Å². The molecule has 0 aromatic heterocycles. The van der Waals surface area contributed by atoms with Crippen LogP contribution < -0.4 is 14.4 Å². The highest BCUT2D eigenvalue weighted by atomic mass is 35.5. The number of anilines is 1. The van der Waals surface area contributed by atoms with Crippen LogP contribution in [0, 0.1) is 0 Å². The average molecular weight is 572 g/mol. The maximum atomic E-state index is 13.8. The SMILES string of the molecule is CC[C@@H](C(=O)NC(C)C)N(Cc1ccccc1Cl)C(=O)CN(c1ccc(Oc2ccccc2)cc1)S(C)(=O)=O. The van der Waals surface area contributed by atoms with Crippen molar-refractivity contribution in [1.29, 1.82) is 0 Å². The lowest BCUT2D eigenvalue weighted by atomic mass is 10.1. The Balaban J connectivity index is 1.90. The van der Waals surface area contributed by atoms with Gasteiger partial charge >= 0.3 is 0 Å². The van der Waals surface area contributed by atoms with Crippen LogP contribution in [0.15, 0.2) is 78.9 Å². The van der Waals surface area contributed by atoms with Crippen molar-refractivity contribution >= 4 is 39.1 Å². The van der Waals surface area contributed by atoms with Gasteiger partial charge in [0.1, 0.15) is 24.1 Å². The van der Waals surface area contributed by atoms with E-state index in [0.717, 1.165) is 10.6 Å². The summed E-state index contributed by atoms with van der Waals surface area (Å²) in [6, 6.07) is 21.7. The highest BCUT2D eigenvalue weighted by Gasteiger charge is 2.32. The molecule has 39 heavy (non-hydrogen) atoms. The van der Waals surface area contributed by atoms with E-state index in [4.69, 9.17) is 16.3 Å². The lowest BCUT2D eigenvalue weighted by molar-refractivity contribution is -0.140. The molecule has 1 N–H and O–H groups in total. The van der Waals surface area contributed by atoms with Gasteiger partial charge in [0.15, 0.2) is 0 Å². The molecule has 0 heterocycles. The monoisotopic (exact) mass is 571 g/mol. The summed E-state index contributed by atoms with van der Waals surface area (Å²) in [6.45, 7) is 5.03. The van der Waals surface area contributed by atoms with Crippen LogP contribution >= 0.6 is 11.6 Å². The van der Waals surface area contributed by atoms with Crippen molar-refractivity contribution in [3.8, 4) is 11.5 Å². The zero-order valence-electron chi connectivity index (χ0n) is 22.5. The van der Waals surface area contributed by atoms with Crippen LogP contribution in [-0.4, -0.2) is 50.0 Å². The first-order chi connectivity index (χ1) is 18.5. The van der Waals surface area contributed by atoms with E-state index in [0.29, 0.717) is 34.2 Å².